The number of ether oxygens (including phenoxy) is 1. The first-order valence-electron chi connectivity index (χ1n) is 12.1. The monoisotopic (exact) mass is 542 g/mol. The summed E-state index contributed by atoms with van der Waals surface area (Å²) < 4.78 is 44.5. The topological polar surface area (TPSA) is 153 Å². The van der Waals surface area contributed by atoms with Crippen molar-refractivity contribution in [2.24, 2.45) is 4.99 Å². The molecule has 0 aromatic heterocycles. The molecule has 1 heterocycles. The molecule has 9 nitrogen and oxygen atoms in total. The first kappa shape index (κ1) is 29.1. The second-order valence-corrected chi connectivity index (χ2v) is 9.23. The van der Waals surface area contributed by atoms with Gasteiger partial charge in [0.15, 0.2) is 0 Å². The average molecular weight is 543 g/mol. The van der Waals surface area contributed by atoms with Crippen LogP contribution in [0, 0.1) is 24.1 Å². The fraction of sp³-hybridized carbons (Fsp3) is 0.286. The van der Waals surface area contributed by atoms with Crippen molar-refractivity contribution in [2.75, 3.05) is 25.0 Å². The average Bonchev–Trinajstić information content (AvgIpc) is 2.84. The molecule has 2 N–H and O–H groups in total. The van der Waals surface area contributed by atoms with E-state index in [0.717, 1.165) is 62.1 Å². The molecule has 10 heteroatoms. The van der Waals surface area contributed by atoms with Gasteiger partial charge in [0, 0.05) is 47.4 Å². The highest BCUT2D eigenvalue weighted by molar-refractivity contribution is 6.08. The normalized spacial score (nSPS) is 11.9. The number of hydrogen-bond donors (Lipinski definition) is 2. The largest absolute Gasteiger partial charge is 0.462 e. The smallest absolute Gasteiger partial charge is 0.338 e. The number of anilines is 1. The third kappa shape index (κ3) is 6.89. The van der Waals surface area contributed by atoms with Crippen LogP contribution in [0.1, 0.15) is 42.3 Å². The fourth-order valence-electron chi connectivity index (χ4n) is 4.29. The van der Waals surface area contributed by atoms with E-state index in [0.29, 0.717) is 18.7 Å². The lowest BCUT2D eigenvalue weighted by Gasteiger charge is -2.19. The number of aryl methyl sites for hydroxylation is 2. The molecule has 0 bridgehead atoms. The highest BCUT2D eigenvalue weighted by Crippen LogP contribution is 2.43. The molecule has 0 spiro atoms. The molecule has 2 aromatic carbocycles. The molecule has 0 radical (unpaired) electrons. The van der Waals surface area contributed by atoms with Gasteiger partial charge in [0.1, 0.15) is 11.3 Å². The van der Waals surface area contributed by atoms with Gasteiger partial charge in [-0.25, -0.2) is 4.79 Å². The molecule has 2 aromatic rings. The number of rotatable bonds is 6. The molecule has 0 amide bonds. The molecular formula is C28H31ClN2O7. The highest BCUT2D eigenvalue weighted by Gasteiger charge is 2.23. The Morgan fingerprint density at radius 1 is 1.03 bits per heavy atom. The van der Waals surface area contributed by atoms with Crippen molar-refractivity contribution in [2.45, 2.75) is 34.6 Å². The van der Waals surface area contributed by atoms with Crippen molar-refractivity contribution in [3.05, 3.63) is 70.6 Å². The van der Waals surface area contributed by atoms with E-state index >= 15 is 0 Å². The van der Waals surface area contributed by atoms with Crippen LogP contribution in [0.15, 0.2) is 57.9 Å². The van der Waals surface area contributed by atoms with E-state index in [2.05, 4.69) is 43.2 Å². The third-order valence-electron chi connectivity index (χ3n) is 5.77. The van der Waals surface area contributed by atoms with Crippen molar-refractivity contribution in [3.63, 3.8) is 0 Å². The first-order valence-corrected chi connectivity index (χ1v) is 13.4. The Hall–Kier alpha value is -3.47. The minimum absolute atomic E-state index is 0.324. The summed E-state index contributed by atoms with van der Waals surface area (Å²) in [5, 5.41) is 5.28. The van der Waals surface area contributed by atoms with Crippen molar-refractivity contribution in [1.82, 2.24) is 0 Å². The number of benzene rings is 3. The van der Waals surface area contributed by atoms with Crippen molar-refractivity contribution >= 4 is 22.6 Å². The summed E-state index contributed by atoms with van der Waals surface area (Å²) in [7, 11) is -4.69. The first-order chi connectivity index (χ1) is 18.0. The standard InChI is InChI=1S/C28H30N2O3.ClHO4/c1-6-29-23-15-25-21(13-17(23)4)27(19-11-9-10-12-20(19)28(31)32-8-3)22-14-18(5)24(30-7-2)16-26(22)33-25;2-1(3,4)5/h9-16,29H,6-8H2,1-5H3;(H,2,3,4,5). The van der Waals surface area contributed by atoms with E-state index in [1.807, 2.05) is 50.2 Å². The number of halogens is 1. The summed E-state index contributed by atoms with van der Waals surface area (Å²) in [6, 6.07) is 15.9. The van der Waals surface area contributed by atoms with Gasteiger partial charge in [0.2, 0.25) is 0 Å². The van der Waals surface area contributed by atoms with Crippen LogP contribution in [0.25, 0.3) is 33.4 Å². The Morgan fingerprint density at radius 3 is 2.34 bits per heavy atom. The SMILES string of the molecule is CCN=c1cc2oc3cc(NCC)c(C)cc3c(-c3ccccc3C(=O)OCC)c-2cc1C.[O-][Cl+3]([O-])([O-])O. The zero-order valence-electron chi connectivity index (χ0n) is 22.0. The van der Waals surface area contributed by atoms with Gasteiger partial charge in [-0.3, -0.25) is 4.99 Å². The zero-order chi connectivity index (χ0) is 28.0. The van der Waals surface area contributed by atoms with Crippen LogP contribution >= 0.6 is 0 Å². The van der Waals surface area contributed by atoms with Gasteiger partial charge in [0.05, 0.1) is 32.4 Å². The van der Waals surface area contributed by atoms with Crippen LogP contribution in [0.4, 0.5) is 5.69 Å². The van der Waals surface area contributed by atoms with Crippen molar-refractivity contribution < 1.29 is 42.8 Å². The van der Waals surface area contributed by atoms with E-state index in [1.165, 1.54) is 0 Å². The van der Waals surface area contributed by atoms with Gasteiger partial charge in [-0.2, -0.15) is 14.0 Å². The molecule has 0 saturated heterocycles. The highest BCUT2D eigenvalue weighted by atomic mass is 35.7. The number of nitrogens with one attached hydrogen (secondary N) is 1. The Balaban J connectivity index is 0.000000732. The molecule has 38 heavy (non-hydrogen) atoms. The van der Waals surface area contributed by atoms with E-state index in [9.17, 15) is 4.79 Å². The van der Waals surface area contributed by atoms with Gasteiger partial charge < -0.3 is 14.5 Å². The lowest BCUT2D eigenvalue weighted by atomic mass is 9.89. The van der Waals surface area contributed by atoms with Crippen LogP contribution in [-0.4, -0.2) is 30.3 Å². The number of carbonyl (C=O) groups excluding carboxylic acids is 1. The summed E-state index contributed by atoms with van der Waals surface area (Å²) in [5.41, 5.74) is 7.25. The van der Waals surface area contributed by atoms with Gasteiger partial charge in [0.25, 0.3) is 0 Å². The summed E-state index contributed by atoms with van der Waals surface area (Å²) in [6.07, 6.45) is 0. The quantitative estimate of drug-likeness (QED) is 0.278. The minimum atomic E-state index is -4.69. The van der Waals surface area contributed by atoms with Gasteiger partial charge >= 0.3 is 5.97 Å². The van der Waals surface area contributed by atoms with Crippen LogP contribution in [-0.2, 0) is 4.74 Å². The van der Waals surface area contributed by atoms with Crippen molar-refractivity contribution in [1.29, 1.82) is 0 Å². The number of esters is 1. The fourth-order valence-corrected chi connectivity index (χ4v) is 4.29. The summed E-state index contributed by atoms with van der Waals surface area (Å²) in [5.74, 6) is 0.408. The van der Waals surface area contributed by atoms with Crippen LogP contribution in [0.3, 0.4) is 0 Å². The molecule has 0 atom stereocenters. The maximum absolute atomic E-state index is 12.9. The summed E-state index contributed by atoms with van der Waals surface area (Å²) >= 11 is 0. The molecule has 0 unspecified atom stereocenters. The summed E-state index contributed by atoms with van der Waals surface area (Å²) in [6.45, 7) is 11.9. The number of nitrogens with zero attached hydrogens (tertiary/aromatic N) is 1. The summed E-state index contributed by atoms with van der Waals surface area (Å²) in [4.78, 5) is 17.5. The Morgan fingerprint density at radius 2 is 1.71 bits per heavy atom. The Labute approximate surface area is 223 Å². The number of carbonyl (C=O) groups is 1. The lowest BCUT2D eigenvalue weighted by molar-refractivity contribution is -1.92. The second kappa shape index (κ2) is 12.4. The van der Waals surface area contributed by atoms with E-state index < -0.39 is 10.2 Å². The number of fused-ring (bicyclic) bond motifs is 2. The molecule has 0 saturated carbocycles. The van der Waals surface area contributed by atoms with Gasteiger partial charge in [-0.05, 0) is 69.5 Å². The second-order valence-electron chi connectivity index (χ2n) is 8.44. The van der Waals surface area contributed by atoms with Crippen LogP contribution in [0.2, 0.25) is 0 Å². The Kier molecular flexibility index (Phi) is 9.48. The minimum Gasteiger partial charge on any atom is -0.462 e. The van der Waals surface area contributed by atoms with E-state index in [4.69, 9.17) is 27.8 Å². The molecule has 0 fully saturated rings. The molecule has 2 aliphatic rings. The number of hydrogen-bond acceptors (Lipinski definition) is 9. The van der Waals surface area contributed by atoms with Crippen molar-refractivity contribution in [3.8, 4) is 22.5 Å². The lowest BCUT2D eigenvalue weighted by Crippen LogP contribution is -2.58. The molecule has 4 rings (SSSR count). The van der Waals surface area contributed by atoms with Crippen LogP contribution in [0.5, 0.6) is 0 Å². The molecule has 1 aliphatic heterocycles. The van der Waals surface area contributed by atoms with E-state index in [1.54, 1.807) is 0 Å². The molecule has 202 valence electrons. The predicted octanol–water partition coefficient (Wildman–Crippen LogP) is 2.23. The Bertz CT molecular complexity index is 1470. The maximum Gasteiger partial charge on any atom is 0.338 e. The molecule has 1 aliphatic carbocycles. The third-order valence-corrected chi connectivity index (χ3v) is 5.77. The predicted molar refractivity (Wildman–Crippen MR) is 136 cm³/mol. The van der Waals surface area contributed by atoms with E-state index in [-0.39, 0.29) is 5.97 Å². The molecular weight excluding hydrogens is 512 g/mol. The maximum atomic E-state index is 12.9. The van der Waals surface area contributed by atoms with Crippen LogP contribution < -0.4 is 24.7 Å². The zero-order valence-corrected chi connectivity index (χ0v) is 22.7. The van der Waals surface area contributed by atoms with Gasteiger partial charge in [-0.1, -0.05) is 18.2 Å². The van der Waals surface area contributed by atoms with Gasteiger partial charge in [-0.15, -0.1) is 0 Å².